The molecule has 0 spiro atoms. The number of hydrogen-bond donors (Lipinski definition) is 1. The van der Waals surface area contributed by atoms with E-state index in [0.717, 1.165) is 0 Å². The van der Waals surface area contributed by atoms with Gasteiger partial charge in [0.25, 0.3) is 0 Å². The molecule has 8 nitrogen and oxygen atoms in total. The lowest BCUT2D eigenvalue weighted by Crippen LogP contribution is -2.47. The number of carbonyl (C=O) groups is 2. The Morgan fingerprint density at radius 2 is 1.57 bits per heavy atom. The molecule has 3 rings (SSSR count). The largest absolute Gasteiger partial charge is 0.465 e. The number of halogens is 1. The van der Waals surface area contributed by atoms with Crippen LogP contribution in [0.25, 0.3) is 0 Å². The van der Waals surface area contributed by atoms with E-state index in [1.54, 1.807) is 12.1 Å². The van der Waals surface area contributed by atoms with Gasteiger partial charge in [-0.3, -0.25) is 4.79 Å². The molecule has 0 aliphatic carbocycles. The van der Waals surface area contributed by atoms with Crippen molar-refractivity contribution >= 4 is 33.2 Å². The highest BCUT2D eigenvalue weighted by Gasteiger charge is 2.25. The standard InChI is InChI=1S/C20H22FN3O5S/c1-13(25)14-3-5-19(17(21)11-14)24-9-7-23(8-10-24)18-6-4-15(30(22,27)28)12-16(18)20(26)29-2/h3-6,11-12H,7-10H2,1-2H3,(H2,22,27,28). The molecule has 1 aliphatic rings. The first-order valence-corrected chi connectivity index (χ1v) is 10.7. The summed E-state index contributed by atoms with van der Waals surface area (Å²) in [6, 6.07) is 8.46. The third-order valence-electron chi connectivity index (χ3n) is 5.02. The normalized spacial score (nSPS) is 14.5. The summed E-state index contributed by atoms with van der Waals surface area (Å²) in [6.45, 7) is 3.24. The summed E-state index contributed by atoms with van der Waals surface area (Å²) >= 11 is 0. The number of rotatable bonds is 5. The van der Waals surface area contributed by atoms with Crippen LogP contribution >= 0.6 is 0 Å². The van der Waals surface area contributed by atoms with Gasteiger partial charge in [-0.15, -0.1) is 0 Å². The third kappa shape index (κ3) is 4.44. The maximum absolute atomic E-state index is 14.4. The van der Waals surface area contributed by atoms with Gasteiger partial charge < -0.3 is 14.5 Å². The topological polar surface area (TPSA) is 110 Å². The van der Waals surface area contributed by atoms with Gasteiger partial charge in [0.05, 0.1) is 28.9 Å². The number of methoxy groups -OCH3 is 1. The van der Waals surface area contributed by atoms with Crippen LogP contribution in [0, 0.1) is 5.82 Å². The Balaban J connectivity index is 1.82. The molecule has 0 atom stereocenters. The Bertz CT molecular complexity index is 1100. The van der Waals surface area contributed by atoms with Crippen LogP contribution < -0.4 is 14.9 Å². The summed E-state index contributed by atoms with van der Waals surface area (Å²) in [5.74, 6) is -1.35. The predicted molar refractivity (Wildman–Crippen MR) is 110 cm³/mol. The van der Waals surface area contributed by atoms with E-state index >= 15 is 0 Å². The molecule has 1 heterocycles. The highest BCUT2D eigenvalue weighted by atomic mass is 32.2. The van der Waals surface area contributed by atoms with Crippen molar-refractivity contribution in [3.63, 3.8) is 0 Å². The van der Waals surface area contributed by atoms with Crippen LogP contribution in [-0.4, -0.2) is 53.5 Å². The minimum absolute atomic E-state index is 0.0921. The molecular formula is C20H22FN3O5S. The Morgan fingerprint density at radius 1 is 1.00 bits per heavy atom. The van der Waals surface area contributed by atoms with Crippen molar-refractivity contribution in [2.24, 2.45) is 5.14 Å². The first-order chi connectivity index (χ1) is 14.1. The lowest BCUT2D eigenvalue weighted by Gasteiger charge is -2.38. The van der Waals surface area contributed by atoms with Crippen LogP contribution in [-0.2, 0) is 14.8 Å². The molecule has 2 aromatic rings. The highest BCUT2D eigenvalue weighted by Crippen LogP contribution is 2.28. The minimum Gasteiger partial charge on any atom is -0.465 e. The maximum atomic E-state index is 14.4. The van der Waals surface area contributed by atoms with Crippen LogP contribution in [0.3, 0.4) is 0 Å². The summed E-state index contributed by atoms with van der Waals surface area (Å²) in [6.07, 6.45) is 0. The van der Waals surface area contributed by atoms with Crippen molar-refractivity contribution in [1.82, 2.24) is 0 Å². The Hall–Kier alpha value is -2.98. The minimum atomic E-state index is -3.97. The van der Waals surface area contributed by atoms with Crippen molar-refractivity contribution in [3.8, 4) is 0 Å². The van der Waals surface area contributed by atoms with E-state index in [4.69, 9.17) is 9.88 Å². The second kappa shape index (κ2) is 8.41. The third-order valence-corrected chi connectivity index (χ3v) is 5.93. The summed E-state index contributed by atoms with van der Waals surface area (Å²) in [5.41, 5.74) is 1.32. The van der Waals surface area contributed by atoms with Gasteiger partial charge in [-0.05, 0) is 43.3 Å². The molecule has 0 unspecified atom stereocenters. The molecule has 1 fully saturated rings. The second-order valence-corrected chi connectivity index (χ2v) is 8.47. The van der Waals surface area contributed by atoms with Crippen LogP contribution in [0.15, 0.2) is 41.3 Å². The Kier molecular flexibility index (Phi) is 6.09. The SMILES string of the molecule is COC(=O)c1cc(S(N)(=O)=O)ccc1N1CCN(c2ccc(C(C)=O)cc2F)CC1. The average molecular weight is 435 g/mol. The van der Waals surface area contributed by atoms with Gasteiger partial charge in [0, 0.05) is 31.7 Å². The summed E-state index contributed by atoms with van der Waals surface area (Å²) in [4.78, 5) is 27.2. The van der Waals surface area contributed by atoms with Crippen molar-refractivity contribution in [2.45, 2.75) is 11.8 Å². The van der Waals surface area contributed by atoms with E-state index in [2.05, 4.69) is 0 Å². The fraction of sp³-hybridized carbons (Fsp3) is 0.300. The van der Waals surface area contributed by atoms with E-state index in [-0.39, 0.29) is 16.2 Å². The lowest BCUT2D eigenvalue weighted by atomic mass is 10.1. The fourth-order valence-electron chi connectivity index (χ4n) is 3.41. The zero-order valence-electron chi connectivity index (χ0n) is 16.6. The highest BCUT2D eigenvalue weighted by molar-refractivity contribution is 7.89. The monoisotopic (exact) mass is 435 g/mol. The van der Waals surface area contributed by atoms with Gasteiger partial charge in [0.1, 0.15) is 5.82 Å². The van der Waals surface area contributed by atoms with Gasteiger partial charge in [-0.1, -0.05) is 0 Å². The molecule has 10 heteroatoms. The van der Waals surface area contributed by atoms with Crippen LogP contribution in [0.5, 0.6) is 0 Å². The van der Waals surface area contributed by atoms with E-state index < -0.39 is 21.8 Å². The molecule has 2 N–H and O–H groups in total. The Labute approximate surface area is 174 Å². The zero-order valence-corrected chi connectivity index (χ0v) is 17.4. The molecule has 0 radical (unpaired) electrons. The van der Waals surface area contributed by atoms with Crippen molar-refractivity contribution in [3.05, 3.63) is 53.3 Å². The van der Waals surface area contributed by atoms with Crippen molar-refractivity contribution in [2.75, 3.05) is 43.1 Å². The van der Waals surface area contributed by atoms with E-state index in [1.165, 1.54) is 38.3 Å². The lowest BCUT2D eigenvalue weighted by molar-refractivity contribution is 0.0601. The van der Waals surface area contributed by atoms with Gasteiger partial charge in [0.15, 0.2) is 5.78 Å². The molecule has 1 aliphatic heterocycles. The zero-order chi connectivity index (χ0) is 22.1. The number of nitrogens with zero attached hydrogens (tertiary/aromatic N) is 2. The number of ether oxygens (including phenoxy) is 1. The molecule has 0 bridgehead atoms. The number of nitrogens with two attached hydrogens (primary N) is 1. The summed E-state index contributed by atoms with van der Waals surface area (Å²) in [7, 11) is -2.76. The number of hydrogen-bond acceptors (Lipinski definition) is 7. The second-order valence-electron chi connectivity index (χ2n) is 6.91. The maximum Gasteiger partial charge on any atom is 0.340 e. The van der Waals surface area contributed by atoms with Gasteiger partial charge in [-0.2, -0.15) is 0 Å². The number of sulfonamides is 1. The molecule has 0 saturated carbocycles. The number of primary sulfonamides is 1. The number of benzene rings is 2. The van der Waals surface area contributed by atoms with Crippen LogP contribution in [0.2, 0.25) is 0 Å². The molecule has 0 aromatic heterocycles. The number of anilines is 2. The number of ketones is 1. The van der Waals surface area contributed by atoms with Crippen molar-refractivity contribution in [1.29, 1.82) is 0 Å². The number of piperazine rings is 1. The first kappa shape index (κ1) is 21.7. The summed E-state index contributed by atoms with van der Waals surface area (Å²) < 4.78 is 42.5. The molecule has 1 saturated heterocycles. The van der Waals surface area contributed by atoms with Gasteiger partial charge in [0.2, 0.25) is 10.0 Å². The van der Waals surface area contributed by atoms with Gasteiger partial charge in [-0.25, -0.2) is 22.7 Å². The fourth-order valence-corrected chi connectivity index (χ4v) is 3.95. The molecular weight excluding hydrogens is 413 g/mol. The Morgan fingerprint density at radius 3 is 2.07 bits per heavy atom. The average Bonchev–Trinajstić information content (AvgIpc) is 2.72. The van der Waals surface area contributed by atoms with Gasteiger partial charge >= 0.3 is 5.97 Å². The summed E-state index contributed by atoms with van der Waals surface area (Å²) in [5, 5.41) is 5.17. The molecule has 30 heavy (non-hydrogen) atoms. The number of carbonyl (C=O) groups excluding carboxylic acids is 2. The molecule has 2 aromatic carbocycles. The van der Waals surface area contributed by atoms with Crippen LogP contribution in [0.4, 0.5) is 15.8 Å². The van der Waals surface area contributed by atoms with E-state index in [0.29, 0.717) is 43.1 Å². The van der Waals surface area contributed by atoms with Crippen LogP contribution in [0.1, 0.15) is 27.6 Å². The predicted octanol–water partition coefficient (Wildman–Crippen LogP) is 1.79. The first-order valence-electron chi connectivity index (χ1n) is 9.17. The smallest absolute Gasteiger partial charge is 0.340 e. The van der Waals surface area contributed by atoms with E-state index in [9.17, 15) is 22.4 Å². The quantitative estimate of drug-likeness (QED) is 0.563. The number of esters is 1. The molecule has 160 valence electrons. The number of Topliss-reactive ketones (excluding diaryl/α,β-unsaturated/α-hetero) is 1. The molecule has 0 amide bonds. The van der Waals surface area contributed by atoms with E-state index in [1.807, 2.05) is 9.80 Å². The van der Waals surface area contributed by atoms with Crippen molar-refractivity contribution < 1.29 is 27.1 Å².